The maximum atomic E-state index is 13.2. The van der Waals surface area contributed by atoms with Crippen LogP contribution in [0, 0.1) is 5.82 Å². The highest BCUT2D eigenvalue weighted by atomic mass is 32.2. The van der Waals surface area contributed by atoms with Crippen molar-refractivity contribution in [3.8, 4) is 11.3 Å². The number of nitrogens with one attached hydrogen (secondary N) is 2. The zero-order chi connectivity index (χ0) is 17.8. The zero-order valence-electron chi connectivity index (χ0n) is 14.8. The molecule has 1 aromatic heterocycles. The summed E-state index contributed by atoms with van der Waals surface area (Å²) in [5.74, 6) is 2.18. The van der Waals surface area contributed by atoms with Crippen LogP contribution < -0.4 is 5.32 Å². The molecular weight excluding hydrogens is 351 g/mol. The summed E-state index contributed by atoms with van der Waals surface area (Å²) in [4.78, 5) is 2.61. The van der Waals surface area contributed by atoms with E-state index in [0.717, 1.165) is 56.2 Å². The van der Waals surface area contributed by atoms with Gasteiger partial charge in [0, 0.05) is 48.6 Å². The Hall–Kier alpha value is -1.41. The lowest BCUT2D eigenvalue weighted by molar-refractivity contribution is -0.0134. The minimum atomic E-state index is -0.223. The molecule has 0 amide bonds. The Labute approximate surface area is 157 Å². The molecule has 0 aliphatic carbocycles. The quantitative estimate of drug-likeness (QED) is 0.811. The van der Waals surface area contributed by atoms with Crippen LogP contribution in [0.2, 0.25) is 0 Å². The molecule has 1 atom stereocenters. The van der Waals surface area contributed by atoms with Crippen LogP contribution in [-0.4, -0.2) is 65.0 Å². The van der Waals surface area contributed by atoms with E-state index in [9.17, 15) is 4.39 Å². The maximum Gasteiger partial charge on any atom is 0.123 e. The molecule has 0 saturated carbocycles. The number of nitrogens with zero attached hydrogens (tertiary/aromatic N) is 2. The van der Waals surface area contributed by atoms with Gasteiger partial charge >= 0.3 is 0 Å². The van der Waals surface area contributed by atoms with E-state index < -0.39 is 0 Å². The smallest absolute Gasteiger partial charge is 0.123 e. The van der Waals surface area contributed by atoms with Crippen LogP contribution in [0.4, 0.5) is 4.39 Å². The van der Waals surface area contributed by atoms with Crippen molar-refractivity contribution in [2.75, 3.05) is 44.4 Å². The lowest BCUT2D eigenvalue weighted by atomic mass is 9.95. The predicted molar refractivity (Wildman–Crippen MR) is 103 cm³/mol. The van der Waals surface area contributed by atoms with Crippen LogP contribution in [0.1, 0.15) is 12.0 Å². The standard InChI is InChI=1S/C19H25FN4OS/c20-17-3-1-15(2-4-17)18-16(12-22-23-18)11-21-13-19(5-10-26-14-19)24-6-8-25-9-7-24/h1-4,12,21H,5-11,13-14H2,(H,22,23)/t19-/m0/s1. The second-order valence-electron chi connectivity index (χ2n) is 7.01. The van der Waals surface area contributed by atoms with Crippen LogP contribution in [0.5, 0.6) is 0 Å². The molecule has 140 valence electrons. The Balaban J connectivity index is 1.41. The summed E-state index contributed by atoms with van der Waals surface area (Å²) >= 11 is 2.05. The highest BCUT2D eigenvalue weighted by Gasteiger charge is 2.40. The topological polar surface area (TPSA) is 53.2 Å². The lowest BCUT2D eigenvalue weighted by Crippen LogP contribution is -2.58. The SMILES string of the molecule is Fc1ccc(-c2[nH]ncc2CNC[C@@]2(N3CCOCC3)CCSC2)cc1. The van der Waals surface area contributed by atoms with Crippen LogP contribution in [0.15, 0.2) is 30.5 Å². The molecule has 1 aromatic carbocycles. The van der Waals surface area contributed by atoms with Crippen LogP contribution >= 0.6 is 11.8 Å². The molecule has 0 radical (unpaired) electrons. The second kappa shape index (κ2) is 8.08. The molecule has 0 spiro atoms. The predicted octanol–water partition coefficient (Wildman–Crippen LogP) is 2.51. The monoisotopic (exact) mass is 376 g/mol. The van der Waals surface area contributed by atoms with Crippen molar-refractivity contribution < 1.29 is 9.13 Å². The number of ether oxygens (including phenoxy) is 1. The van der Waals surface area contributed by atoms with Crippen molar-refractivity contribution >= 4 is 11.8 Å². The van der Waals surface area contributed by atoms with Crippen LogP contribution in [0.3, 0.4) is 0 Å². The number of hydrogen-bond donors (Lipinski definition) is 2. The normalized spacial score (nSPS) is 24.2. The molecule has 0 unspecified atom stereocenters. The molecule has 2 aromatic rings. The van der Waals surface area contributed by atoms with E-state index in [4.69, 9.17) is 4.74 Å². The van der Waals surface area contributed by atoms with Crippen molar-refractivity contribution in [1.29, 1.82) is 0 Å². The Morgan fingerprint density at radius 3 is 2.81 bits per heavy atom. The summed E-state index contributed by atoms with van der Waals surface area (Å²) in [6.45, 7) is 5.43. The van der Waals surface area contributed by atoms with Crippen molar-refractivity contribution in [3.05, 3.63) is 41.8 Å². The zero-order valence-corrected chi connectivity index (χ0v) is 15.7. The van der Waals surface area contributed by atoms with Crippen molar-refractivity contribution in [2.45, 2.75) is 18.5 Å². The van der Waals surface area contributed by atoms with E-state index in [1.54, 1.807) is 12.1 Å². The number of rotatable bonds is 6. The van der Waals surface area contributed by atoms with E-state index in [1.807, 2.05) is 18.0 Å². The third kappa shape index (κ3) is 3.81. The van der Waals surface area contributed by atoms with Crippen LogP contribution in [-0.2, 0) is 11.3 Å². The molecule has 0 bridgehead atoms. The van der Waals surface area contributed by atoms with Gasteiger partial charge in [-0.15, -0.1) is 0 Å². The third-order valence-corrected chi connectivity index (χ3v) is 6.62. The number of halogens is 1. The van der Waals surface area contributed by atoms with E-state index in [-0.39, 0.29) is 11.4 Å². The Bertz CT molecular complexity index is 709. The second-order valence-corrected chi connectivity index (χ2v) is 8.11. The molecule has 4 rings (SSSR count). The average molecular weight is 377 g/mol. The molecule has 3 heterocycles. The van der Waals surface area contributed by atoms with Gasteiger partial charge in [0.15, 0.2) is 0 Å². The van der Waals surface area contributed by atoms with E-state index in [1.165, 1.54) is 30.1 Å². The largest absolute Gasteiger partial charge is 0.379 e. The van der Waals surface area contributed by atoms with Gasteiger partial charge in [-0.2, -0.15) is 16.9 Å². The molecule has 5 nitrogen and oxygen atoms in total. The lowest BCUT2D eigenvalue weighted by Gasteiger charge is -2.43. The van der Waals surface area contributed by atoms with Crippen LogP contribution in [0.25, 0.3) is 11.3 Å². The molecule has 2 N–H and O–H groups in total. The number of thioether (sulfide) groups is 1. The highest BCUT2D eigenvalue weighted by molar-refractivity contribution is 7.99. The van der Waals surface area contributed by atoms with E-state index in [2.05, 4.69) is 20.4 Å². The van der Waals surface area contributed by atoms with E-state index >= 15 is 0 Å². The van der Waals surface area contributed by atoms with Gasteiger partial charge in [0.1, 0.15) is 5.82 Å². The Morgan fingerprint density at radius 1 is 1.27 bits per heavy atom. The molecule has 2 fully saturated rings. The summed E-state index contributed by atoms with van der Waals surface area (Å²) in [6, 6.07) is 6.54. The average Bonchev–Trinajstić information content (AvgIpc) is 3.34. The number of morpholine rings is 1. The number of hydrogen-bond acceptors (Lipinski definition) is 5. The van der Waals surface area contributed by atoms with Gasteiger partial charge in [0.2, 0.25) is 0 Å². The summed E-state index contributed by atoms with van der Waals surface area (Å²) in [7, 11) is 0. The van der Waals surface area contributed by atoms with Crippen molar-refractivity contribution in [1.82, 2.24) is 20.4 Å². The summed E-state index contributed by atoms with van der Waals surface area (Å²) in [5, 5.41) is 10.9. The van der Waals surface area contributed by atoms with E-state index in [0.29, 0.717) is 0 Å². The minimum Gasteiger partial charge on any atom is -0.379 e. The fourth-order valence-electron chi connectivity index (χ4n) is 3.88. The first-order valence-corrected chi connectivity index (χ1v) is 10.3. The third-order valence-electron chi connectivity index (χ3n) is 5.38. The number of aromatic nitrogens is 2. The molecule has 2 aliphatic rings. The summed E-state index contributed by atoms with van der Waals surface area (Å²) < 4.78 is 18.7. The summed E-state index contributed by atoms with van der Waals surface area (Å²) in [5.41, 5.74) is 3.26. The first-order chi connectivity index (χ1) is 12.8. The Kier molecular flexibility index (Phi) is 5.59. The van der Waals surface area contributed by atoms with Gasteiger partial charge in [-0.25, -0.2) is 4.39 Å². The summed E-state index contributed by atoms with van der Waals surface area (Å²) in [6.07, 6.45) is 3.08. The van der Waals surface area contributed by atoms with Gasteiger partial charge in [0.05, 0.1) is 25.1 Å². The Morgan fingerprint density at radius 2 is 2.08 bits per heavy atom. The number of H-pyrrole nitrogens is 1. The molecule has 7 heteroatoms. The van der Waals surface area contributed by atoms with Gasteiger partial charge in [0.25, 0.3) is 0 Å². The molecule has 2 aliphatic heterocycles. The first-order valence-electron chi connectivity index (χ1n) is 9.16. The van der Waals surface area contributed by atoms with Crippen molar-refractivity contribution in [2.24, 2.45) is 0 Å². The van der Waals surface area contributed by atoms with Gasteiger partial charge in [-0.05, 0) is 36.4 Å². The maximum absolute atomic E-state index is 13.2. The fraction of sp³-hybridized carbons (Fsp3) is 0.526. The number of aromatic amines is 1. The van der Waals surface area contributed by atoms with Gasteiger partial charge < -0.3 is 10.1 Å². The first kappa shape index (κ1) is 18.0. The number of benzene rings is 1. The minimum absolute atomic E-state index is 0.223. The highest BCUT2D eigenvalue weighted by Crippen LogP contribution is 2.33. The van der Waals surface area contributed by atoms with Gasteiger partial charge in [-0.1, -0.05) is 0 Å². The molecule has 26 heavy (non-hydrogen) atoms. The molecular formula is C19H25FN4OS. The molecule has 2 saturated heterocycles. The fourth-order valence-corrected chi connectivity index (χ4v) is 5.35. The van der Waals surface area contributed by atoms with Gasteiger partial charge in [-0.3, -0.25) is 10.00 Å². The van der Waals surface area contributed by atoms with Crippen molar-refractivity contribution in [3.63, 3.8) is 0 Å².